The first-order valence-electron chi connectivity index (χ1n) is 8.70. The molecule has 3 aromatic carbocycles. The predicted octanol–water partition coefficient (Wildman–Crippen LogP) is 5.49. The van der Waals surface area contributed by atoms with Crippen molar-refractivity contribution in [1.82, 2.24) is 4.90 Å². The van der Waals surface area contributed by atoms with Crippen molar-refractivity contribution >= 4 is 23.3 Å². The Balaban J connectivity index is 1.76. The summed E-state index contributed by atoms with van der Waals surface area (Å²) in [5.74, 6) is 0.790. The number of nitrogens with zero attached hydrogens (tertiary/aromatic N) is 1. The van der Waals surface area contributed by atoms with Crippen molar-refractivity contribution in [1.29, 1.82) is 0 Å². The number of urea groups is 1. The molecule has 0 saturated carbocycles. The Morgan fingerprint density at radius 3 is 2.48 bits per heavy atom. The van der Waals surface area contributed by atoms with Crippen molar-refractivity contribution < 1.29 is 9.53 Å². The van der Waals surface area contributed by atoms with Crippen molar-refractivity contribution in [3.63, 3.8) is 0 Å². The number of nitrogens with one attached hydrogen (secondary N) is 1. The number of amides is 2. The minimum atomic E-state index is -0.212. The Labute approximate surface area is 163 Å². The van der Waals surface area contributed by atoms with Crippen LogP contribution in [0.25, 0.3) is 0 Å². The number of hydrogen-bond donors (Lipinski definition) is 1. The van der Waals surface area contributed by atoms with E-state index in [1.54, 1.807) is 13.2 Å². The molecular weight excluding hydrogens is 360 g/mol. The van der Waals surface area contributed by atoms with E-state index < -0.39 is 0 Å². The summed E-state index contributed by atoms with van der Waals surface area (Å²) in [6.07, 6.45) is 0. The van der Waals surface area contributed by atoms with Crippen LogP contribution in [0.1, 0.15) is 22.7 Å². The van der Waals surface area contributed by atoms with E-state index in [1.807, 2.05) is 71.6 Å². The molecule has 0 radical (unpaired) electrons. The minimum Gasteiger partial charge on any atom is -0.497 e. The standard InChI is InChI=1S/C22H19ClN2O2/c1-27-18-10-7-15(8-11-18)14-25-21(16-5-3-2-4-6-16)19-13-17(23)9-12-20(19)24-22(25)26/h2-13,21H,14H2,1H3,(H,24,26). The van der Waals surface area contributed by atoms with Gasteiger partial charge < -0.3 is 15.0 Å². The van der Waals surface area contributed by atoms with Crippen LogP contribution in [0.2, 0.25) is 5.02 Å². The van der Waals surface area contributed by atoms with Crippen molar-refractivity contribution in [2.75, 3.05) is 12.4 Å². The second-order valence-electron chi connectivity index (χ2n) is 6.45. The van der Waals surface area contributed by atoms with Crippen LogP contribution in [0.5, 0.6) is 5.75 Å². The van der Waals surface area contributed by atoms with Crippen LogP contribution in [-0.4, -0.2) is 18.0 Å². The Hall–Kier alpha value is -2.98. The van der Waals surface area contributed by atoms with Gasteiger partial charge in [-0.3, -0.25) is 0 Å². The quantitative estimate of drug-likeness (QED) is 0.652. The smallest absolute Gasteiger partial charge is 0.322 e. The third-order valence-corrected chi connectivity index (χ3v) is 4.98. The largest absolute Gasteiger partial charge is 0.497 e. The Morgan fingerprint density at radius 1 is 1.04 bits per heavy atom. The summed E-state index contributed by atoms with van der Waals surface area (Å²) in [6, 6.07) is 23.0. The highest BCUT2D eigenvalue weighted by Crippen LogP contribution is 2.39. The van der Waals surface area contributed by atoms with E-state index in [0.29, 0.717) is 11.6 Å². The van der Waals surface area contributed by atoms with E-state index in [4.69, 9.17) is 16.3 Å². The van der Waals surface area contributed by atoms with Crippen molar-refractivity contribution in [3.8, 4) is 5.75 Å². The number of halogens is 1. The number of anilines is 1. The molecule has 4 nitrogen and oxygen atoms in total. The first kappa shape index (κ1) is 17.4. The molecule has 0 fully saturated rings. The predicted molar refractivity (Wildman–Crippen MR) is 107 cm³/mol. The molecule has 1 N–H and O–H groups in total. The molecule has 0 spiro atoms. The SMILES string of the molecule is COc1ccc(CN2C(=O)Nc3ccc(Cl)cc3C2c2ccccc2)cc1. The monoisotopic (exact) mass is 378 g/mol. The van der Waals surface area contributed by atoms with Gasteiger partial charge in [0.15, 0.2) is 0 Å². The molecule has 27 heavy (non-hydrogen) atoms. The van der Waals surface area contributed by atoms with Crippen molar-refractivity contribution in [2.45, 2.75) is 12.6 Å². The van der Waals surface area contributed by atoms with Crippen LogP contribution in [0.3, 0.4) is 0 Å². The Morgan fingerprint density at radius 2 is 1.78 bits per heavy atom. The van der Waals surface area contributed by atoms with Crippen molar-refractivity contribution in [3.05, 3.63) is 94.5 Å². The first-order chi connectivity index (χ1) is 13.2. The van der Waals surface area contributed by atoms with E-state index >= 15 is 0 Å². The van der Waals surface area contributed by atoms with Gasteiger partial charge in [0, 0.05) is 22.8 Å². The molecular formula is C22H19ClN2O2. The third-order valence-electron chi connectivity index (χ3n) is 4.75. The topological polar surface area (TPSA) is 41.6 Å². The summed E-state index contributed by atoms with van der Waals surface area (Å²) in [4.78, 5) is 14.7. The summed E-state index contributed by atoms with van der Waals surface area (Å²) < 4.78 is 5.22. The molecule has 1 atom stereocenters. The lowest BCUT2D eigenvalue weighted by Gasteiger charge is -2.38. The highest BCUT2D eigenvalue weighted by molar-refractivity contribution is 6.30. The molecule has 1 unspecified atom stereocenters. The molecule has 0 aliphatic carbocycles. The van der Waals surface area contributed by atoms with Gasteiger partial charge in [0.2, 0.25) is 0 Å². The summed E-state index contributed by atoms with van der Waals surface area (Å²) >= 11 is 6.26. The molecule has 136 valence electrons. The van der Waals surface area contributed by atoms with Gasteiger partial charge in [0.25, 0.3) is 0 Å². The Kier molecular flexibility index (Phi) is 4.73. The maximum absolute atomic E-state index is 12.9. The summed E-state index contributed by atoms with van der Waals surface area (Å²) in [5.41, 5.74) is 3.85. The lowest BCUT2D eigenvalue weighted by molar-refractivity contribution is 0.191. The zero-order chi connectivity index (χ0) is 18.8. The van der Waals surface area contributed by atoms with E-state index in [-0.39, 0.29) is 12.1 Å². The van der Waals surface area contributed by atoms with Crippen LogP contribution in [0.4, 0.5) is 10.5 Å². The average Bonchev–Trinajstić information content (AvgIpc) is 2.70. The second kappa shape index (κ2) is 7.33. The van der Waals surface area contributed by atoms with Gasteiger partial charge in [-0.1, -0.05) is 54.1 Å². The highest BCUT2D eigenvalue weighted by atomic mass is 35.5. The number of hydrogen-bond acceptors (Lipinski definition) is 2. The van der Waals surface area contributed by atoms with Gasteiger partial charge in [-0.25, -0.2) is 4.79 Å². The number of benzene rings is 3. The lowest BCUT2D eigenvalue weighted by atomic mass is 9.93. The van der Waals surface area contributed by atoms with E-state index in [1.165, 1.54) is 0 Å². The Bertz CT molecular complexity index is 958. The normalized spacial score (nSPS) is 15.9. The van der Waals surface area contributed by atoms with E-state index in [9.17, 15) is 4.79 Å². The molecule has 3 aromatic rings. The number of carbonyl (C=O) groups excluding carboxylic acids is 1. The van der Waals surface area contributed by atoms with Gasteiger partial charge in [0.05, 0.1) is 13.2 Å². The fourth-order valence-electron chi connectivity index (χ4n) is 3.43. The van der Waals surface area contributed by atoms with Crippen LogP contribution in [0, 0.1) is 0 Å². The van der Waals surface area contributed by atoms with E-state index in [2.05, 4.69) is 5.32 Å². The first-order valence-corrected chi connectivity index (χ1v) is 9.08. The van der Waals surface area contributed by atoms with Crippen molar-refractivity contribution in [2.24, 2.45) is 0 Å². The molecule has 1 aliphatic heterocycles. The van der Waals surface area contributed by atoms with Gasteiger partial charge in [-0.05, 0) is 41.5 Å². The molecule has 5 heteroatoms. The van der Waals surface area contributed by atoms with Gasteiger partial charge in [-0.15, -0.1) is 0 Å². The number of methoxy groups -OCH3 is 1. The van der Waals surface area contributed by atoms with Gasteiger partial charge in [0.1, 0.15) is 5.75 Å². The molecule has 1 heterocycles. The lowest BCUT2D eigenvalue weighted by Crippen LogP contribution is -2.42. The molecule has 2 amide bonds. The average molecular weight is 379 g/mol. The number of rotatable bonds is 4. The maximum atomic E-state index is 12.9. The molecule has 1 aliphatic rings. The third kappa shape index (κ3) is 3.49. The zero-order valence-corrected chi connectivity index (χ0v) is 15.6. The fourth-order valence-corrected chi connectivity index (χ4v) is 3.61. The van der Waals surface area contributed by atoms with Crippen LogP contribution in [-0.2, 0) is 6.54 Å². The summed E-state index contributed by atoms with van der Waals surface area (Å²) in [5, 5.41) is 3.63. The second-order valence-corrected chi connectivity index (χ2v) is 6.89. The summed E-state index contributed by atoms with van der Waals surface area (Å²) in [7, 11) is 1.64. The zero-order valence-electron chi connectivity index (χ0n) is 14.9. The number of ether oxygens (including phenoxy) is 1. The van der Waals surface area contributed by atoms with Crippen LogP contribution in [0.15, 0.2) is 72.8 Å². The van der Waals surface area contributed by atoms with Gasteiger partial charge >= 0.3 is 6.03 Å². The molecule has 0 bridgehead atoms. The van der Waals surface area contributed by atoms with Crippen LogP contribution < -0.4 is 10.1 Å². The van der Waals surface area contributed by atoms with E-state index in [0.717, 1.165) is 28.1 Å². The minimum absolute atomic E-state index is 0.130. The molecule has 4 rings (SSSR count). The molecule has 0 saturated heterocycles. The number of carbonyl (C=O) groups is 1. The maximum Gasteiger partial charge on any atom is 0.322 e. The fraction of sp³-hybridized carbons (Fsp3) is 0.136. The molecule has 0 aromatic heterocycles. The number of fused-ring (bicyclic) bond motifs is 1. The highest BCUT2D eigenvalue weighted by Gasteiger charge is 2.33. The van der Waals surface area contributed by atoms with Gasteiger partial charge in [-0.2, -0.15) is 0 Å². The summed E-state index contributed by atoms with van der Waals surface area (Å²) in [6.45, 7) is 0.474. The van der Waals surface area contributed by atoms with Crippen LogP contribution >= 0.6 is 11.6 Å².